The second-order valence-electron chi connectivity index (χ2n) is 8.35. The molecule has 0 aliphatic carbocycles. The van der Waals surface area contributed by atoms with Gasteiger partial charge in [0.25, 0.3) is 0 Å². The Kier molecular flexibility index (Phi) is 10.2. The van der Waals surface area contributed by atoms with Crippen molar-refractivity contribution < 1.29 is 28.5 Å². The Morgan fingerprint density at radius 1 is 1.06 bits per heavy atom. The molecule has 1 saturated heterocycles. The van der Waals surface area contributed by atoms with Gasteiger partial charge in [-0.15, -0.1) is 0 Å². The Hall–Kier alpha value is -2.62. The van der Waals surface area contributed by atoms with Crippen LogP contribution >= 0.6 is 0 Å². The van der Waals surface area contributed by atoms with Crippen molar-refractivity contribution >= 4 is 22.9 Å². The van der Waals surface area contributed by atoms with E-state index in [4.69, 9.17) is 18.9 Å². The highest BCUT2D eigenvalue weighted by molar-refractivity contribution is 5.82. The van der Waals surface area contributed by atoms with Crippen LogP contribution in [-0.4, -0.2) is 92.2 Å². The highest BCUT2D eigenvalue weighted by atomic mass is 16.6. The van der Waals surface area contributed by atoms with Crippen LogP contribution in [0.15, 0.2) is 30.3 Å². The van der Waals surface area contributed by atoms with Gasteiger partial charge in [-0.1, -0.05) is 18.2 Å². The predicted octanol–water partition coefficient (Wildman–Crippen LogP) is 2.81. The highest BCUT2D eigenvalue weighted by Crippen LogP contribution is 2.24. The monoisotopic (exact) mass is 475 g/mol. The van der Waals surface area contributed by atoms with Crippen molar-refractivity contribution in [1.29, 1.82) is 0 Å². The molecule has 2 aromatic rings. The third-order valence-corrected chi connectivity index (χ3v) is 6.16. The van der Waals surface area contributed by atoms with E-state index in [2.05, 4.69) is 22.8 Å². The van der Waals surface area contributed by atoms with Gasteiger partial charge in [-0.25, -0.2) is 4.79 Å². The Balaban J connectivity index is 1.64. The van der Waals surface area contributed by atoms with E-state index in [0.29, 0.717) is 65.5 Å². The second-order valence-corrected chi connectivity index (χ2v) is 8.35. The number of nitrogens with zero attached hydrogens (tertiary/aromatic N) is 3. The van der Waals surface area contributed by atoms with Crippen LogP contribution in [0.25, 0.3) is 10.9 Å². The summed E-state index contributed by atoms with van der Waals surface area (Å²) >= 11 is 0. The third-order valence-electron chi connectivity index (χ3n) is 6.16. The van der Waals surface area contributed by atoms with Crippen LogP contribution in [0.5, 0.6) is 0 Å². The number of carbonyl (C=O) groups is 2. The molecular formula is C25H37N3O6. The number of para-hydroxylation sites is 1. The molecule has 0 bridgehead atoms. The van der Waals surface area contributed by atoms with Crippen molar-refractivity contribution in [2.45, 2.75) is 32.4 Å². The van der Waals surface area contributed by atoms with Crippen LogP contribution in [-0.2, 0) is 37.3 Å². The van der Waals surface area contributed by atoms with Gasteiger partial charge in [0.1, 0.15) is 6.61 Å². The number of amides is 2. The first kappa shape index (κ1) is 26.0. The molecule has 34 heavy (non-hydrogen) atoms. The van der Waals surface area contributed by atoms with Gasteiger partial charge >= 0.3 is 6.09 Å². The lowest BCUT2D eigenvalue weighted by Gasteiger charge is -2.38. The van der Waals surface area contributed by atoms with Crippen molar-refractivity contribution in [3.05, 3.63) is 36.0 Å². The summed E-state index contributed by atoms with van der Waals surface area (Å²) in [6.45, 7) is 5.57. The maximum absolute atomic E-state index is 13.3. The zero-order valence-corrected chi connectivity index (χ0v) is 20.5. The molecule has 0 unspecified atom stereocenters. The number of fused-ring (bicyclic) bond motifs is 1. The molecule has 9 nitrogen and oxygen atoms in total. The number of rotatable bonds is 12. The highest BCUT2D eigenvalue weighted by Gasteiger charge is 2.30. The predicted molar refractivity (Wildman–Crippen MR) is 129 cm³/mol. The summed E-state index contributed by atoms with van der Waals surface area (Å²) in [4.78, 5) is 29.0. The van der Waals surface area contributed by atoms with Crippen LogP contribution < -0.4 is 0 Å². The molecule has 3 rings (SSSR count). The third kappa shape index (κ3) is 6.94. The fourth-order valence-electron chi connectivity index (χ4n) is 4.27. The number of methoxy groups -OCH3 is 1. The zero-order chi connectivity index (χ0) is 24.3. The van der Waals surface area contributed by atoms with E-state index >= 15 is 0 Å². The molecular weight excluding hydrogens is 438 g/mol. The number of piperidine rings is 1. The summed E-state index contributed by atoms with van der Waals surface area (Å²) in [5.41, 5.74) is 2.19. The number of likely N-dealkylation sites (tertiary alicyclic amines) is 1. The van der Waals surface area contributed by atoms with Crippen LogP contribution in [0, 0.1) is 0 Å². The lowest BCUT2D eigenvalue weighted by molar-refractivity contribution is -0.140. The molecule has 2 amide bonds. The maximum Gasteiger partial charge on any atom is 0.409 e. The van der Waals surface area contributed by atoms with Crippen molar-refractivity contribution in [3.63, 3.8) is 0 Å². The summed E-state index contributed by atoms with van der Waals surface area (Å²) in [6.07, 6.45) is 1.12. The number of ether oxygens (including phenoxy) is 4. The number of hydrogen-bond donors (Lipinski definition) is 0. The van der Waals surface area contributed by atoms with Gasteiger partial charge in [0.2, 0.25) is 5.91 Å². The van der Waals surface area contributed by atoms with Crippen molar-refractivity contribution in [2.75, 3.05) is 59.8 Å². The molecule has 1 aliphatic heterocycles. The van der Waals surface area contributed by atoms with E-state index in [1.54, 1.807) is 18.9 Å². The standard InChI is InChI=1S/C25H37N3O6/c1-4-34-25(30)27-11-9-21(10-12-27)28(24(29)19-33-16-15-32-14-13-31-3)18-22-17-20-7-5-6-8-23(20)26(22)2/h5-8,17,21H,4,9-16,18-19H2,1-3H3. The molecule has 1 fully saturated rings. The van der Waals surface area contributed by atoms with Gasteiger partial charge in [0, 0.05) is 44.5 Å². The van der Waals surface area contributed by atoms with E-state index in [-0.39, 0.29) is 24.6 Å². The first-order valence-corrected chi connectivity index (χ1v) is 11.9. The molecule has 0 N–H and O–H groups in total. The summed E-state index contributed by atoms with van der Waals surface area (Å²) in [6, 6.07) is 10.3. The molecule has 0 spiro atoms. The van der Waals surface area contributed by atoms with E-state index in [0.717, 1.165) is 16.6 Å². The number of aromatic nitrogens is 1. The van der Waals surface area contributed by atoms with E-state index < -0.39 is 0 Å². The lowest BCUT2D eigenvalue weighted by atomic mass is 10.0. The van der Waals surface area contributed by atoms with Gasteiger partial charge in [0.05, 0.1) is 39.6 Å². The molecule has 1 aromatic heterocycles. The first-order chi connectivity index (χ1) is 16.5. The van der Waals surface area contributed by atoms with E-state index in [1.807, 2.05) is 24.1 Å². The summed E-state index contributed by atoms with van der Waals surface area (Å²) in [7, 11) is 3.65. The van der Waals surface area contributed by atoms with Crippen LogP contribution in [0.1, 0.15) is 25.5 Å². The van der Waals surface area contributed by atoms with Gasteiger partial charge < -0.3 is 33.3 Å². The van der Waals surface area contributed by atoms with Crippen molar-refractivity contribution in [2.24, 2.45) is 7.05 Å². The van der Waals surface area contributed by atoms with Crippen LogP contribution in [0.4, 0.5) is 4.79 Å². The zero-order valence-electron chi connectivity index (χ0n) is 20.5. The fraction of sp³-hybridized carbons (Fsp3) is 0.600. The number of carbonyl (C=O) groups excluding carboxylic acids is 2. The minimum atomic E-state index is -0.288. The molecule has 1 aliphatic rings. The largest absolute Gasteiger partial charge is 0.450 e. The summed E-state index contributed by atoms with van der Waals surface area (Å²) in [5.74, 6) is -0.0586. The number of benzene rings is 1. The van der Waals surface area contributed by atoms with E-state index in [1.165, 1.54) is 0 Å². The Morgan fingerprint density at radius 3 is 2.47 bits per heavy atom. The maximum atomic E-state index is 13.3. The molecule has 0 radical (unpaired) electrons. The average Bonchev–Trinajstić information content (AvgIpc) is 3.17. The molecule has 0 atom stereocenters. The number of aryl methyl sites for hydroxylation is 1. The van der Waals surface area contributed by atoms with Gasteiger partial charge in [-0.2, -0.15) is 0 Å². The molecule has 1 aromatic carbocycles. The molecule has 188 valence electrons. The van der Waals surface area contributed by atoms with Gasteiger partial charge in [-0.3, -0.25) is 4.79 Å². The topological polar surface area (TPSA) is 82.5 Å². The normalized spacial score (nSPS) is 14.5. The SMILES string of the molecule is CCOC(=O)N1CCC(N(Cc2cc3ccccc3n2C)C(=O)COCCOCCOC)CC1. The Labute approximate surface area is 201 Å². The van der Waals surface area contributed by atoms with Gasteiger partial charge in [-0.05, 0) is 37.3 Å². The molecule has 2 heterocycles. The summed E-state index contributed by atoms with van der Waals surface area (Å²) in [5, 5.41) is 1.15. The summed E-state index contributed by atoms with van der Waals surface area (Å²) < 4.78 is 23.2. The Bertz CT molecular complexity index is 923. The Morgan fingerprint density at radius 2 is 1.76 bits per heavy atom. The van der Waals surface area contributed by atoms with Crippen molar-refractivity contribution in [1.82, 2.24) is 14.4 Å². The second kappa shape index (κ2) is 13.3. The van der Waals surface area contributed by atoms with Gasteiger partial charge in [0.15, 0.2) is 0 Å². The first-order valence-electron chi connectivity index (χ1n) is 11.9. The smallest absolute Gasteiger partial charge is 0.409 e. The lowest BCUT2D eigenvalue weighted by Crippen LogP contribution is -2.49. The minimum absolute atomic E-state index is 0.00429. The van der Waals surface area contributed by atoms with Crippen LogP contribution in [0.3, 0.4) is 0 Å². The minimum Gasteiger partial charge on any atom is -0.450 e. The molecule has 9 heteroatoms. The average molecular weight is 476 g/mol. The van der Waals surface area contributed by atoms with Crippen LogP contribution in [0.2, 0.25) is 0 Å². The number of hydrogen-bond acceptors (Lipinski definition) is 6. The quantitative estimate of drug-likeness (QED) is 0.439. The van der Waals surface area contributed by atoms with Crippen molar-refractivity contribution in [3.8, 4) is 0 Å². The van der Waals surface area contributed by atoms with E-state index in [9.17, 15) is 9.59 Å². The molecule has 0 saturated carbocycles. The fourth-order valence-corrected chi connectivity index (χ4v) is 4.27.